The third kappa shape index (κ3) is 21.3. The molecule has 0 fully saturated rings. The second-order valence-corrected chi connectivity index (χ2v) is 12.2. The van der Waals surface area contributed by atoms with Crippen LogP contribution < -0.4 is 0 Å². The molecule has 3 nitrogen and oxygen atoms in total. The maximum Gasteiger partial charge on any atom is 0.128 e. The summed E-state index contributed by atoms with van der Waals surface area (Å²) >= 11 is 0. The molecule has 1 aliphatic heterocycles. The normalized spacial score (nSPS) is 14.4. The Kier molecular flexibility index (Phi) is 26.1. The molecule has 1 atom stereocenters. The average Bonchev–Trinajstić information content (AvgIpc) is 3.40. The predicted molar refractivity (Wildman–Crippen MR) is 170 cm³/mol. The smallest absolute Gasteiger partial charge is 0.128 e. The zero-order chi connectivity index (χ0) is 27.4. The number of rotatable bonds is 30. The first-order chi connectivity index (χ1) is 18.8. The van der Waals surface area contributed by atoms with Gasteiger partial charge in [-0.1, -0.05) is 168 Å². The quantitative estimate of drug-likeness (QED) is 0.0856. The fourth-order valence-corrected chi connectivity index (χ4v) is 5.89. The summed E-state index contributed by atoms with van der Waals surface area (Å²) in [5, 5.41) is 0. The number of nitrogens with zero attached hydrogens (tertiary/aromatic N) is 2. The van der Waals surface area contributed by atoms with Crippen LogP contribution in [0, 0.1) is 0 Å². The molecule has 0 amide bonds. The summed E-state index contributed by atoms with van der Waals surface area (Å²) < 4.78 is 6.22. The van der Waals surface area contributed by atoms with Gasteiger partial charge in [-0.25, -0.2) is 0 Å². The highest BCUT2D eigenvalue weighted by atomic mass is 16.5. The summed E-state index contributed by atoms with van der Waals surface area (Å²) in [6, 6.07) is 0. The van der Waals surface area contributed by atoms with E-state index in [-0.39, 0.29) is 6.23 Å². The number of aliphatic imine (C=N–C) groups is 1. The van der Waals surface area contributed by atoms with Crippen LogP contribution in [0.2, 0.25) is 0 Å². The van der Waals surface area contributed by atoms with Crippen molar-refractivity contribution in [3.63, 3.8) is 0 Å². The molecule has 0 saturated carbocycles. The largest absolute Gasteiger partial charge is 0.359 e. The topological polar surface area (TPSA) is 24.8 Å². The lowest BCUT2D eigenvalue weighted by molar-refractivity contribution is -0.0113. The lowest BCUT2D eigenvalue weighted by Crippen LogP contribution is -2.38. The van der Waals surface area contributed by atoms with Gasteiger partial charge in [-0.05, 0) is 19.8 Å². The van der Waals surface area contributed by atoms with Gasteiger partial charge >= 0.3 is 0 Å². The SMILES string of the molecule is CCCCCCCCCCCCCCCCOC(C)N1CCN=C1CCCCCCCCCCCCCC. The molecule has 1 unspecified atom stereocenters. The van der Waals surface area contributed by atoms with Gasteiger partial charge in [0.05, 0.1) is 6.54 Å². The Morgan fingerprint density at radius 3 is 1.34 bits per heavy atom. The standard InChI is InChI=1S/C35H70N2O/c1-4-6-8-10-12-14-16-18-19-21-23-25-27-29-33-38-34(3)37-32-31-36-35(37)30-28-26-24-22-20-17-15-13-11-9-7-5-2/h34H,4-33H2,1-3H3. The van der Waals surface area contributed by atoms with Crippen LogP contribution in [0.15, 0.2) is 4.99 Å². The van der Waals surface area contributed by atoms with E-state index in [1.54, 1.807) is 0 Å². The first-order valence-corrected chi connectivity index (χ1v) is 17.7. The van der Waals surface area contributed by atoms with E-state index in [1.165, 1.54) is 173 Å². The Morgan fingerprint density at radius 1 is 0.553 bits per heavy atom. The van der Waals surface area contributed by atoms with Crippen molar-refractivity contribution in [2.24, 2.45) is 4.99 Å². The van der Waals surface area contributed by atoms with Crippen molar-refractivity contribution in [2.45, 2.75) is 200 Å². The molecule has 0 aliphatic carbocycles. The zero-order valence-electron chi connectivity index (χ0n) is 26.6. The van der Waals surface area contributed by atoms with Crippen LogP contribution in [-0.4, -0.2) is 36.7 Å². The Balaban J connectivity index is 1.88. The van der Waals surface area contributed by atoms with Crippen LogP contribution in [0.25, 0.3) is 0 Å². The molecule has 0 spiro atoms. The van der Waals surface area contributed by atoms with Gasteiger partial charge in [0.15, 0.2) is 0 Å². The number of hydrogen-bond acceptors (Lipinski definition) is 3. The lowest BCUT2D eigenvalue weighted by atomic mass is 10.0. The first kappa shape index (κ1) is 35.5. The minimum atomic E-state index is 0.190. The maximum absolute atomic E-state index is 6.22. The molecule has 0 aromatic heterocycles. The van der Waals surface area contributed by atoms with Gasteiger partial charge in [0.1, 0.15) is 12.1 Å². The Bertz CT molecular complexity index is 506. The van der Waals surface area contributed by atoms with Crippen molar-refractivity contribution < 1.29 is 4.74 Å². The summed E-state index contributed by atoms with van der Waals surface area (Å²) in [6.45, 7) is 9.74. The predicted octanol–water partition coefficient (Wildman–Crippen LogP) is 11.6. The Hall–Kier alpha value is -0.570. The Morgan fingerprint density at radius 2 is 0.921 bits per heavy atom. The van der Waals surface area contributed by atoms with Crippen LogP contribution in [0.4, 0.5) is 0 Å². The molecule has 0 radical (unpaired) electrons. The van der Waals surface area contributed by atoms with Crippen LogP contribution in [0.3, 0.4) is 0 Å². The van der Waals surface area contributed by atoms with Crippen molar-refractivity contribution >= 4 is 5.84 Å². The maximum atomic E-state index is 6.22. The van der Waals surface area contributed by atoms with E-state index in [9.17, 15) is 0 Å². The average molecular weight is 535 g/mol. The molecule has 226 valence electrons. The Labute approximate surface area is 240 Å². The summed E-state index contributed by atoms with van der Waals surface area (Å²) in [7, 11) is 0. The third-order valence-corrected chi connectivity index (χ3v) is 8.52. The minimum absolute atomic E-state index is 0.190. The third-order valence-electron chi connectivity index (χ3n) is 8.52. The van der Waals surface area contributed by atoms with Gasteiger partial charge in [-0.15, -0.1) is 0 Å². The summed E-state index contributed by atoms with van der Waals surface area (Å²) in [4.78, 5) is 7.24. The van der Waals surface area contributed by atoms with Crippen LogP contribution in [0.5, 0.6) is 0 Å². The van der Waals surface area contributed by atoms with E-state index < -0.39 is 0 Å². The molecule has 3 heteroatoms. The molecule has 0 N–H and O–H groups in total. The zero-order valence-corrected chi connectivity index (χ0v) is 26.6. The highest BCUT2D eigenvalue weighted by Crippen LogP contribution is 2.17. The molecule has 38 heavy (non-hydrogen) atoms. The fourth-order valence-electron chi connectivity index (χ4n) is 5.89. The van der Waals surface area contributed by atoms with E-state index in [1.807, 2.05) is 0 Å². The molecule has 0 aromatic rings. The fraction of sp³-hybridized carbons (Fsp3) is 0.971. The van der Waals surface area contributed by atoms with Crippen molar-refractivity contribution in [3.05, 3.63) is 0 Å². The van der Waals surface area contributed by atoms with E-state index in [4.69, 9.17) is 9.73 Å². The van der Waals surface area contributed by atoms with Crippen molar-refractivity contribution in [3.8, 4) is 0 Å². The number of ether oxygens (including phenoxy) is 1. The number of amidine groups is 1. The minimum Gasteiger partial charge on any atom is -0.359 e. The van der Waals surface area contributed by atoms with Crippen molar-refractivity contribution in [1.29, 1.82) is 0 Å². The molecule has 1 heterocycles. The van der Waals surface area contributed by atoms with E-state index >= 15 is 0 Å². The van der Waals surface area contributed by atoms with E-state index in [2.05, 4.69) is 25.7 Å². The van der Waals surface area contributed by atoms with Crippen LogP contribution >= 0.6 is 0 Å². The lowest BCUT2D eigenvalue weighted by Gasteiger charge is -2.28. The van der Waals surface area contributed by atoms with Gasteiger partial charge in [0, 0.05) is 19.6 Å². The van der Waals surface area contributed by atoms with Gasteiger partial charge in [-0.3, -0.25) is 4.99 Å². The van der Waals surface area contributed by atoms with Gasteiger partial charge < -0.3 is 9.64 Å². The number of hydrogen-bond donors (Lipinski definition) is 0. The molecule has 1 rings (SSSR count). The molecule has 0 saturated heterocycles. The van der Waals surface area contributed by atoms with Crippen molar-refractivity contribution in [1.82, 2.24) is 4.90 Å². The van der Waals surface area contributed by atoms with E-state index in [0.29, 0.717) is 0 Å². The number of unbranched alkanes of at least 4 members (excludes halogenated alkanes) is 24. The molecular formula is C35H70N2O. The molecule has 0 bridgehead atoms. The molecule has 1 aliphatic rings. The summed E-state index contributed by atoms with van der Waals surface area (Å²) in [5.74, 6) is 1.31. The van der Waals surface area contributed by atoms with Gasteiger partial charge in [0.25, 0.3) is 0 Å². The highest BCUT2D eigenvalue weighted by Gasteiger charge is 2.22. The second-order valence-electron chi connectivity index (χ2n) is 12.2. The first-order valence-electron chi connectivity index (χ1n) is 17.7. The molecule has 0 aromatic carbocycles. The monoisotopic (exact) mass is 535 g/mol. The van der Waals surface area contributed by atoms with Crippen molar-refractivity contribution in [2.75, 3.05) is 19.7 Å². The highest BCUT2D eigenvalue weighted by molar-refractivity contribution is 5.83. The summed E-state index contributed by atoms with van der Waals surface area (Å²) in [5.41, 5.74) is 0. The van der Waals surface area contributed by atoms with Gasteiger partial charge in [0.2, 0.25) is 0 Å². The van der Waals surface area contributed by atoms with Crippen LogP contribution in [-0.2, 0) is 4.74 Å². The second kappa shape index (κ2) is 28.0. The van der Waals surface area contributed by atoms with E-state index in [0.717, 1.165) is 26.1 Å². The van der Waals surface area contributed by atoms with Gasteiger partial charge in [-0.2, -0.15) is 0 Å². The summed E-state index contributed by atoms with van der Waals surface area (Å²) in [6.07, 6.45) is 38.0. The molecular weight excluding hydrogens is 464 g/mol. The van der Waals surface area contributed by atoms with Crippen LogP contribution in [0.1, 0.15) is 194 Å².